The SMILES string of the molecule is O=C(Nc1ccc(N2CCOCC2)c(F)c1)c1ccc(S(=O)(=O)NCc2ccco2)cc1. The number of furan rings is 1. The first-order valence-corrected chi connectivity index (χ1v) is 11.5. The van der Waals surface area contributed by atoms with Crippen LogP contribution in [0, 0.1) is 5.82 Å². The van der Waals surface area contributed by atoms with Gasteiger partial charge in [-0.2, -0.15) is 0 Å². The molecule has 1 aliphatic heterocycles. The fourth-order valence-corrected chi connectivity index (χ4v) is 4.29. The standard InChI is InChI=1S/C22H22FN3O5S/c23-20-14-17(5-8-21(20)26-9-12-30-13-10-26)25-22(27)16-3-6-19(7-4-16)32(28,29)24-15-18-2-1-11-31-18/h1-8,11,14,24H,9-10,12-13,15H2,(H,25,27). The molecule has 2 N–H and O–H groups in total. The molecule has 0 radical (unpaired) electrons. The van der Waals surface area contributed by atoms with E-state index in [9.17, 15) is 17.6 Å². The molecule has 0 atom stereocenters. The Morgan fingerprint density at radius 3 is 2.47 bits per heavy atom. The van der Waals surface area contributed by atoms with Gasteiger partial charge in [0, 0.05) is 24.3 Å². The normalized spacial score (nSPS) is 14.3. The fraction of sp³-hybridized carbons (Fsp3) is 0.227. The van der Waals surface area contributed by atoms with Crippen molar-refractivity contribution in [3.8, 4) is 0 Å². The Morgan fingerprint density at radius 1 is 1.06 bits per heavy atom. The zero-order chi connectivity index (χ0) is 22.6. The minimum absolute atomic E-state index is 0.0153. The predicted molar refractivity (Wildman–Crippen MR) is 117 cm³/mol. The van der Waals surface area contributed by atoms with Gasteiger partial charge in [-0.1, -0.05) is 0 Å². The molecule has 1 saturated heterocycles. The summed E-state index contributed by atoms with van der Waals surface area (Å²) in [4.78, 5) is 14.4. The van der Waals surface area contributed by atoms with Gasteiger partial charge in [-0.15, -0.1) is 0 Å². The number of ether oxygens (including phenoxy) is 1. The number of halogens is 1. The number of anilines is 2. The number of carbonyl (C=O) groups is 1. The monoisotopic (exact) mass is 459 g/mol. The molecule has 168 valence electrons. The van der Waals surface area contributed by atoms with Gasteiger partial charge in [-0.05, 0) is 54.6 Å². The molecule has 1 aliphatic rings. The lowest BCUT2D eigenvalue weighted by Crippen LogP contribution is -2.36. The quantitative estimate of drug-likeness (QED) is 0.563. The molecule has 8 nitrogen and oxygen atoms in total. The molecular formula is C22H22FN3O5S. The summed E-state index contributed by atoms with van der Waals surface area (Å²) >= 11 is 0. The average Bonchev–Trinajstić information content (AvgIpc) is 3.32. The first kappa shape index (κ1) is 22.0. The van der Waals surface area contributed by atoms with E-state index in [0.717, 1.165) is 0 Å². The summed E-state index contributed by atoms with van der Waals surface area (Å²) in [5.74, 6) is -0.429. The molecule has 32 heavy (non-hydrogen) atoms. The van der Waals surface area contributed by atoms with Gasteiger partial charge in [0.1, 0.15) is 11.6 Å². The zero-order valence-electron chi connectivity index (χ0n) is 17.1. The largest absolute Gasteiger partial charge is 0.468 e. The molecule has 0 unspecified atom stereocenters. The van der Waals surface area contributed by atoms with E-state index in [0.29, 0.717) is 43.4 Å². The highest BCUT2D eigenvalue weighted by atomic mass is 32.2. The third-order valence-electron chi connectivity index (χ3n) is 5.00. The summed E-state index contributed by atoms with van der Waals surface area (Å²) in [5.41, 5.74) is 1.01. The highest BCUT2D eigenvalue weighted by molar-refractivity contribution is 7.89. The van der Waals surface area contributed by atoms with Crippen molar-refractivity contribution in [3.05, 3.63) is 78.0 Å². The number of hydrogen-bond donors (Lipinski definition) is 2. The molecule has 4 rings (SSSR count). The summed E-state index contributed by atoms with van der Waals surface area (Å²) in [6, 6.07) is 13.3. The zero-order valence-corrected chi connectivity index (χ0v) is 17.9. The molecule has 0 bridgehead atoms. The summed E-state index contributed by atoms with van der Waals surface area (Å²) in [5, 5.41) is 2.63. The van der Waals surface area contributed by atoms with Crippen LogP contribution in [0.2, 0.25) is 0 Å². The van der Waals surface area contributed by atoms with E-state index in [1.54, 1.807) is 24.3 Å². The summed E-state index contributed by atoms with van der Waals surface area (Å²) in [6.07, 6.45) is 1.46. The second-order valence-corrected chi connectivity index (χ2v) is 8.91. The minimum Gasteiger partial charge on any atom is -0.468 e. The number of amides is 1. The van der Waals surface area contributed by atoms with Gasteiger partial charge in [-0.25, -0.2) is 17.5 Å². The molecule has 1 aromatic heterocycles. The molecule has 3 aromatic rings. The first-order chi connectivity index (χ1) is 15.4. The molecule has 0 spiro atoms. The summed E-state index contributed by atoms with van der Waals surface area (Å²) < 4.78 is 52.1. The van der Waals surface area contributed by atoms with Crippen LogP contribution in [0.3, 0.4) is 0 Å². The van der Waals surface area contributed by atoms with E-state index in [-0.39, 0.29) is 17.0 Å². The van der Waals surface area contributed by atoms with Crippen molar-refractivity contribution in [2.75, 3.05) is 36.5 Å². The Hall–Kier alpha value is -3.21. The van der Waals surface area contributed by atoms with Crippen LogP contribution in [-0.2, 0) is 21.3 Å². The van der Waals surface area contributed by atoms with Crippen molar-refractivity contribution < 1.29 is 26.8 Å². The van der Waals surface area contributed by atoms with Gasteiger partial charge in [0.15, 0.2) is 0 Å². The lowest BCUT2D eigenvalue weighted by molar-refractivity contribution is 0.102. The Bertz CT molecular complexity index is 1170. The van der Waals surface area contributed by atoms with Gasteiger partial charge in [-0.3, -0.25) is 4.79 Å². The van der Waals surface area contributed by atoms with E-state index < -0.39 is 21.7 Å². The van der Waals surface area contributed by atoms with Crippen molar-refractivity contribution in [2.24, 2.45) is 0 Å². The number of rotatable bonds is 7. The van der Waals surface area contributed by atoms with Crippen LogP contribution in [0.5, 0.6) is 0 Å². The predicted octanol–water partition coefficient (Wildman–Crippen LogP) is 2.99. The van der Waals surface area contributed by atoms with Crippen molar-refractivity contribution in [1.29, 1.82) is 0 Å². The van der Waals surface area contributed by atoms with Crippen molar-refractivity contribution in [1.82, 2.24) is 4.72 Å². The average molecular weight is 459 g/mol. The number of nitrogens with one attached hydrogen (secondary N) is 2. The smallest absolute Gasteiger partial charge is 0.255 e. The van der Waals surface area contributed by atoms with E-state index in [1.165, 1.54) is 36.6 Å². The second-order valence-electron chi connectivity index (χ2n) is 7.15. The Kier molecular flexibility index (Phi) is 6.54. The molecule has 0 aliphatic carbocycles. The number of sulfonamides is 1. The van der Waals surface area contributed by atoms with Crippen LogP contribution in [-0.4, -0.2) is 40.6 Å². The van der Waals surface area contributed by atoms with E-state index in [2.05, 4.69) is 10.0 Å². The summed E-state index contributed by atoms with van der Waals surface area (Å²) in [6.45, 7) is 2.32. The maximum absolute atomic E-state index is 14.5. The molecule has 1 fully saturated rings. The van der Waals surface area contributed by atoms with Crippen LogP contribution in [0.25, 0.3) is 0 Å². The Balaban J connectivity index is 1.40. The molecule has 2 aromatic carbocycles. The number of morpholine rings is 1. The van der Waals surface area contributed by atoms with Crippen LogP contribution in [0.15, 0.2) is 70.2 Å². The van der Waals surface area contributed by atoms with Gasteiger partial charge in [0.2, 0.25) is 10.0 Å². The molecule has 10 heteroatoms. The van der Waals surface area contributed by atoms with Gasteiger partial charge in [0.05, 0.1) is 36.6 Å². The van der Waals surface area contributed by atoms with E-state index >= 15 is 0 Å². The van der Waals surface area contributed by atoms with Gasteiger partial charge < -0.3 is 19.4 Å². The minimum atomic E-state index is -3.76. The maximum Gasteiger partial charge on any atom is 0.255 e. The molecular weight excluding hydrogens is 437 g/mol. The molecule has 1 amide bonds. The molecule has 2 heterocycles. The second kappa shape index (κ2) is 9.51. The topological polar surface area (TPSA) is 101 Å². The third-order valence-corrected chi connectivity index (χ3v) is 6.42. The van der Waals surface area contributed by atoms with E-state index in [1.807, 2.05) is 4.90 Å². The summed E-state index contributed by atoms with van der Waals surface area (Å²) in [7, 11) is -3.76. The van der Waals surface area contributed by atoms with E-state index in [4.69, 9.17) is 9.15 Å². The first-order valence-electron chi connectivity index (χ1n) is 9.98. The Morgan fingerprint density at radius 2 is 1.81 bits per heavy atom. The number of carbonyl (C=O) groups excluding carboxylic acids is 1. The number of hydrogen-bond acceptors (Lipinski definition) is 6. The highest BCUT2D eigenvalue weighted by Gasteiger charge is 2.17. The van der Waals surface area contributed by atoms with Crippen LogP contribution < -0.4 is 14.9 Å². The maximum atomic E-state index is 14.5. The van der Waals surface area contributed by atoms with Crippen LogP contribution in [0.4, 0.5) is 15.8 Å². The van der Waals surface area contributed by atoms with Crippen LogP contribution >= 0.6 is 0 Å². The highest BCUT2D eigenvalue weighted by Crippen LogP contribution is 2.24. The number of benzene rings is 2. The van der Waals surface area contributed by atoms with Crippen LogP contribution in [0.1, 0.15) is 16.1 Å². The third kappa shape index (κ3) is 5.16. The van der Waals surface area contributed by atoms with Crippen molar-refractivity contribution in [3.63, 3.8) is 0 Å². The van der Waals surface area contributed by atoms with Gasteiger partial charge >= 0.3 is 0 Å². The Labute approximate surface area is 185 Å². The van der Waals surface area contributed by atoms with Crippen molar-refractivity contribution in [2.45, 2.75) is 11.4 Å². The number of nitrogens with zero attached hydrogens (tertiary/aromatic N) is 1. The van der Waals surface area contributed by atoms with Gasteiger partial charge in [0.25, 0.3) is 5.91 Å². The lowest BCUT2D eigenvalue weighted by Gasteiger charge is -2.29. The van der Waals surface area contributed by atoms with Crippen molar-refractivity contribution >= 4 is 27.3 Å². The fourth-order valence-electron chi connectivity index (χ4n) is 3.30. The lowest BCUT2D eigenvalue weighted by atomic mass is 10.2. The molecule has 0 saturated carbocycles.